The molecule has 9 heteroatoms. The highest BCUT2D eigenvalue weighted by Gasteiger charge is 2.35. The van der Waals surface area contributed by atoms with Gasteiger partial charge in [-0.15, -0.1) is 24.0 Å². The Kier molecular flexibility index (Phi) is 9.18. The van der Waals surface area contributed by atoms with E-state index < -0.39 is 0 Å². The second kappa shape index (κ2) is 11.9. The van der Waals surface area contributed by atoms with E-state index in [1.165, 1.54) is 5.56 Å². The largest absolute Gasteiger partial charge is 0.497 e. The number of hydrogen-bond acceptors (Lipinski definition) is 6. The van der Waals surface area contributed by atoms with Crippen molar-refractivity contribution in [1.29, 1.82) is 0 Å². The van der Waals surface area contributed by atoms with Gasteiger partial charge in [-0.2, -0.15) is 0 Å². The van der Waals surface area contributed by atoms with Gasteiger partial charge in [0.2, 0.25) is 0 Å². The molecule has 2 aliphatic heterocycles. The maximum absolute atomic E-state index is 5.68. The first-order valence-corrected chi connectivity index (χ1v) is 11.0. The van der Waals surface area contributed by atoms with Gasteiger partial charge in [0.05, 0.1) is 12.8 Å². The van der Waals surface area contributed by atoms with Gasteiger partial charge in [-0.1, -0.05) is 17.3 Å². The number of piperazine rings is 1. The number of guanidine groups is 1. The van der Waals surface area contributed by atoms with Gasteiger partial charge in [-0.3, -0.25) is 9.89 Å². The minimum absolute atomic E-state index is 0. The van der Waals surface area contributed by atoms with Crippen molar-refractivity contribution >= 4 is 29.9 Å². The number of nitrogens with one attached hydrogen (secondary N) is 1. The molecule has 0 unspecified atom stereocenters. The van der Waals surface area contributed by atoms with Crippen LogP contribution < -0.4 is 10.1 Å². The summed E-state index contributed by atoms with van der Waals surface area (Å²) in [5.41, 5.74) is 2.35. The minimum Gasteiger partial charge on any atom is -0.497 e. The van der Waals surface area contributed by atoms with Gasteiger partial charge in [0.1, 0.15) is 12.0 Å². The summed E-state index contributed by atoms with van der Waals surface area (Å²) in [6, 6.07) is 10.4. The summed E-state index contributed by atoms with van der Waals surface area (Å²) in [6.07, 6.45) is 3.62. The smallest absolute Gasteiger partial charge is 0.193 e. The summed E-state index contributed by atoms with van der Waals surface area (Å²) in [6.45, 7) is 7.08. The summed E-state index contributed by atoms with van der Waals surface area (Å²) in [5.74, 6) is 1.86. The van der Waals surface area contributed by atoms with Crippen molar-refractivity contribution in [3.63, 3.8) is 0 Å². The third-order valence-electron chi connectivity index (χ3n) is 6.50. The van der Waals surface area contributed by atoms with Crippen LogP contribution in [0.15, 0.2) is 46.1 Å². The molecule has 0 radical (unpaired) electrons. The monoisotopic (exact) mass is 555 g/mol. The first-order valence-electron chi connectivity index (χ1n) is 11.0. The first-order chi connectivity index (χ1) is 15.2. The molecule has 0 amide bonds. The number of ether oxygens (including phenoxy) is 2. The van der Waals surface area contributed by atoms with E-state index in [1.807, 2.05) is 13.1 Å². The van der Waals surface area contributed by atoms with Crippen LogP contribution in [-0.2, 0) is 16.7 Å². The molecule has 2 aliphatic rings. The number of rotatable bonds is 6. The molecule has 1 aromatic carbocycles. The molecule has 0 spiro atoms. The number of nitrogens with zero attached hydrogens (tertiary/aromatic N) is 4. The summed E-state index contributed by atoms with van der Waals surface area (Å²) in [5, 5.41) is 7.71. The molecule has 0 aliphatic carbocycles. The third kappa shape index (κ3) is 5.93. The molecule has 1 aromatic heterocycles. The Morgan fingerprint density at radius 2 is 1.84 bits per heavy atom. The number of methoxy groups -OCH3 is 1. The molecule has 2 aromatic rings. The minimum atomic E-state index is 0. The quantitative estimate of drug-likeness (QED) is 0.334. The van der Waals surface area contributed by atoms with Crippen molar-refractivity contribution in [1.82, 2.24) is 20.3 Å². The number of aromatic nitrogens is 1. The lowest BCUT2D eigenvalue weighted by Crippen LogP contribution is -2.54. The fourth-order valence-electron chi connectivity index (χ4n) is 4.52. The lowest BCUT2D eigenvalue weighted by molar-refractivity contribution is 0.0510. The standard InChI is InChI=1S/C23H33N5O3.HI/c1-24-22(28-12-10-27(11-13-28)17-20-7-14-31-26-20)25-18-23(8-15-30-16-9-23)19-3-5-21(29-2)6-4-19;/h3-7,14H,8-13,15-18H2,1-2H3,(H,24,25);1H. The molecule has 32 heavy (non-hydrogen) atoms. The van der Waals surface area contributed by atoms with Crippen molar-refractivity contribution in [2.75, 3.05) is 60.1 Å². The van der Waals surface area contributed by atoms with Gasteiger partial charge in [-0.05, 0) is 30.5 Å². The highest BCUT2D eigenvalue weighted by molar-refractivity contribution is 14.0. The number of benzene rings is 1. The van der Waals surface area contributed by atoms with E-state index >= 15 is 0 Å². The molecule has 3 heterocycles. The zero-order valence-electron chi connectivity index (χ0n) is 19.0. The Bertz CT molecular complexity index is 830. The zero-order valence-corrected chi connectivity index (χ0v) is 21.3. The van der Waals surface area contributed by atoms with E-state index in [-0.39, 0.29) is 29.4 Å². The lowest BCUT2D eigenvalue weighted by Gasteiger charge is -2.40. The second-order valence-corrected chi connectivity index (χ2v) is 8.28. The number of hydrogen-bond donors (Lipinski definition) is 1. The Labute approximate surface area is 207 Å². The highest BCUT2D eigenvalue weighted by atomic mass is 127. The first kappa shape index (κ1) is 24.8. The van der Waals surface area contributed by atoms with Gasteiger partial charge < -0.3 is 24.2 Å². The Balaban J connectivity index is 0.00000289. The van der Waals surface area contributed by atoms with Crippen LogP contribution in [0.5, 0.6) is 5.75 Å². The fraction of sp³-hybridized carbons (Fsp3) is 0.565. The van der Waals surface area contributed by atoms with Gasteiger partial charge in [0.15, 0.2) is 5.96 Å². The van der Waals surface area contributed by atoms with Crippen LogP contribution in [0.3, 0.4) is 0 Å². The normalized spacial score (nSPS) is 19.3. The summed E-state index contributed by atoms with van der Waals surface area (Å²) in [4.78, 5) is 9.33. The van der Waals surface area contributed by atoms with Crippen molar-refractivity contribution in [2.45, 2.75) is 24.8 Å². The van der Waals surface area contributed by atoms with E-state index in [0.717, 1.165) is 82.7 Å². The average Bonchev–Trinajstić information content (AvgIpc) is 3.34. The van der Waals surface area contributed by atoms with Crippen molar-refractivity contribution < 1.29 is 14.0 Å². The average molecular weight is 555 g/mol. The Morgan fingerprint density at radius 1 is 1.12 bits per heavy atom. The van der Waals surface area contributed by atoms with Gasteiger partial charge >= 0.3 is 0 Å². The third-order valence-corrected chi connectivity index (χ3v) is 6.50. The molecule has 4 rings (SSSR count). The predicted octanol–water partition coefficient (Wildman–Crippen LogP) is 2.74. The number of aliphatic imine (C=N–C) groups is 1. The molecule has 0 atom stereocenters. The van der Waals surface area contributed by atoms with E-state index in [9.17, 15) is 0 Å². The molecule has 2 saturated heterocycles. The van der Waals surface area contributed by atoms with Gasteiger partial charge in [0.25, 0.3) is 0 Å². The zero-order chi connectivity index (χ0) is 21.5. The SMILES string of the molecule is CN=C(NCC1(c2ccc(OC)cc2)CCOCC1)N1CCN(Cc2ccon2)CC1.I. The van der Waals surface area contributed by atoms with Crippen molar-refractivity contribution in [3.05, 3.63) is 47.9 Å². The second-order valence-electron chi connectivity index (χ2n) is 8.28. The van der Waals surface area contributed by atoms with Gasteiger partial charge in [0, 0.05) is 71.0 Å². The molecule has 0 bridgehead atoms. The molecule has 1 N–H and O–H groups in total. The maximum atomic E-state index is 5.68. The number of halogens is 1. The van der Waals surface area contributed by atoms with Crippen LogP contribution in [0.4, 0.5) is 0 Å². The van der Waals surface area contributed by atoms with Crippen LogP contribution >= 0.6 is 24.0 Å². The van der Waals surface area contributed by atoms with Crippen LogP contribution in [-0.4, -0.2) is 81.0 Å². The molecule has 0 saturated carbocycles. The fourth-order valence-corrected chi connectivity index (χ4v) is 4.52. The van der Waals surface area contributed by atoms with E-state index in [2.05, 4.69) is 49.5 Å². The predicted molar refractivity (Wildman–Crippen MR) is 135 cm³/mol. The highest BCUT2D eigenvalue weighted by Crippen LogP contribution is 2.35. The summed E-state index contributed by atoms with van der Waals surface area (Å²) >= 11 is 0. The molecular weight excluding hydrogens is 521 g/mol. The molecular formula is C23H34IN5O3. The molecule has 2 fully saturated rings. The topological polar surface area (TPSA) is 75.4 Å². The van der Waals surface area contributed by atoms with Crippen LogP contribution in [0.1, 0.15) is 24.1 Å². The van der Waals surface area contributed by atoms with Crippen molar-refractivity contribution in [3.8, 4) is 5.75 Å². The van der Waals surface area contributed by atoms with E-state index in [1.54, 1.807) is 13.4 Å². The Morgan fingerprint density at radius 3 is 2.44 bits per heavy atom. The summed E-state index contributed by atoms with van der Waals surface area (Å²) < 4.78 is 16.0. The van der Waals surface area contributed by atoms with Crippen LogP contribution in [0.25, 0.3) is 0 Å². The van der Waals surface area contributed by atoms with Crippen LogP contribution in [0.2, 0.25) is 0 Å². The lowest BCUT2D eigenvalue weighted by atomic mass is 9.74. The van der Waals surface area contributed by atoms with Crippen molar-refractivity contribution in [2.24, 2.45) is 4.99 Å². The van der Waals surface area contributed by atoms with E-state index in [4.69, 9.17) is 14.0 Å². The van der Waals surface area contributed by atoms with E-state index in [0.29, 0.717) is 0 Å². The molecule has 8 nitrogen and oxygen atoms in total. The Hall–Kier alpha value is -1.85. The van der Waals surface area contributed by atoms with Crippen LogP contribution in [0, 0.1) is 0 Å². The maximum Gasteiger partial charge on any atom is 0.193 e. The summed E-state index contributed by atoms with van der Waals surface area (Å²) in [7, 11) is 3.57. The van der Waals surface area contributed by atoms with Gasteiger partial charge in [-0.25, -0.2) is 0 Å². The molecule has 176 valence electrons.